The average molecular weight is 440 g/mol. The number of nitrogens with zero attached hydrogens (tertiary/aromatic N) is 1. The smallest absolute Gasteiger partial charge is 0.407 e. The Morgan fingerprint density at radius 3 is 2.22 bits per heavy atom. The summed E-state index contributed by atoms with van der Waals surface area (Å²) in [5.41, 5.74) is 4.56. The number of ether oxygens (including phenoxy) is 1. The van der Waals surface area contributed by atoms with Crippen molar-refractivity contribution in [3.63, 3.8) is 0 Å². The Morgan fingerprint density at radius 2 is 1.66 bits per heavy atom. The highest BCUT2D eigenvalue weighted by Gasteiger charge is 2.29. The van der Waals surface area contributed by atoms with Crippen LogP contribution in [-0.4, -0.2) is 65.9 Å². The molecule has 170 valence electrons. The van der Waals surface area contributed by atoms with Gasteiger partial charge in [0.15, 0.2) is 0 Å². The Labute approximate surface area is 186 Å². The molecular formula is C24H28N2O6. The Kier molecular flexibility index (Phi) is 7.83. The predicted molar refractivity (Wildman–Crippen MR) is 118 cm³/mol. The predicted octanol–water partition coefficient (Wildman–Crippen LogP) is 2.46. The number of aliphatic hydroxyl groups is 1. The quantitative estimate of drug-likeness (QED) is 0.523. The first kappa shape index (κ1) is 23.3. The number of nitrogens with one attached hydrogen (secondary N) is 1. The summed E-state index contributed by atoms with van der Waals surface area (Å²) in [5, 5.41) is 20.6. The lowest BCUT2D eigenvalue weighted by molar-refractivity contribution is -0.146. The van der Waals surface area contributed by atoms with Crippen molar-refractivity contribution in [2.75, 3.05) is 32.8 Å². The molecule has 0 aliphatic heterocycles. The van der Waals surface area contributed by atoms with Gasteiger partial charge in [-0.25, -0.2) is 4.79 Å². The lowest BCUT2D eigenvalue weighted by atomic mass is 9.98. The minimum Gasteiger partial charge on any atom is -0.480 e. The minimum absolute atomic E-state index is 0.0308. The van der Waals surface area contributed by atoms with E-state index in [0.717, 1.165) is 27.2 Å². The fraction of sp³-hybridized carbons (Fsp3) is 0.375. The zero-order valence-electron chi connectivity index (χ0n) is 18.0. The first-order valence-electron chi connectivity index (χ1n) is 10.6. The maximum absolute atomic E-state index is 12.4. The summed E-state index contributed by atoms with van der Waals surface area (Å²) in [6, 6.07) is 16.2. The third-order valence-electron chi connectivity index (χ3n) is 5.62. The van der Waals surface area contributed by atoms with E-state index >= 15 is 0 Å². The molecule has 8 nitrogen and oxygen atoms in total. The molecule has 0 radical (unpaired) electrons. The summed E-state index contributed by atoms with van der Waals surface area (Å²) >= 11 is 0. The van der Waals surface area contributed by atoms with Gasteiger partial charge in [-0.05, 0) is 28.7 Å². The number of carbonyl (C=O) groups is 3. The molecule has 0 spiro atoms. The molecule has 0 aromatic heterocycles. The lowest BCUT2D eigenvalue weighted by Crippen LogP contribution is -2.41. The van der Waals surface area contributed by atoms with Crippen LogP contribution in [0.25, 0.3) is 11.1 Å². The second-order valence-electron chi connectivity index (χ2n) is 7.82. The van der Waals surface area contributed by atoms with E-state index in [4.69, 9.17) is 14.9 Å². The minimum atomic E-state index is -1.14. The number of rotatable bonds is 10. The molecule has 0 bridgehead atoms. The molecule has 0 saturated carbocycles. The van der Waals surface area contributed by atoms with E-state index < -0.39 is 24.5 Å². The first-order chi connectivity index (χ1) is 15.4. The summed E-state index contributed by atoms with van der Waals surface area (Å²) in [6.07, 6.45) is -0.242. The molecule has 2 aromatic carbocycles. The van der Waals surface area contributed by atoms with Gasteiger partial charge in [0, 0.05) is 24.9 Å². The fourth-order valence-corrected chi connectivity index (χ4v) is 4.03. The molecule has 1 unspecified atom stereocenters. The van der Waals surface area contributed by atoms with Gasteiger partial charge in [0.2, 0.25) is 5.91 Å². The topological polar surface area (TPSA) is 116 Å². The van der Waals surface area contributed by atoms with Crippen LogP contribution in [-0.2, 0) is 14.3 Å². The zero-order chi connectivity index (χ0) is 23.1. The van der Waals surface area contributed by atoms with Gasteiger partial charge in [0.05, 0.1) is 6.61 Å². The standard InChI is InChI=1S/C24H28N2O6/c1-16(23(30)26(12-13-27)14-22(28)29)10-11-25-24(31)32-15-21-19-8-4-2-6-17(19)18-7-3-5-9-20(18)21/h2-9,16,21,27H,10-15H2,1H3,(H,25,31)(H,28,29). The van der Waals surface area contributed by atoms with Crippen LogP contribution in [0, 0.1) is 5.92 Å². The molecule has 2 aromatic rings. The number of aliphatic carboxylic acids is 1. The largest absolute Gasteiger partial charge is 0.480 e. The maximum Gasteiger partial charge on any atom is 0.407 e. The van der Waals surface area contributed by atoms with Crippen molar-refractivity contribution in [2.45, 2.75) is 19.3 Å². The summed E-state index contributed by atoms with van der Waals surface area (Å²) in [5.74, 6) is -2.06. The van der Waals surface area contributed by atoms with Gasteiger partial charge in [0.1, 0.15) is 13.2 Å². The van der Waals surface area contributed by atoms with E-state index in [9.17, 15) is 14.4 Å². The highest BCUT2D eigenvalue weighted by molar-refractivity contribution is 5.83. The molecule has 1 aliphatic rings. The summed E-state index contributed by atoms with van der Waals surface area (Å²) in [7, 11) is 0. The van der Waals surface area contributed by atoms with Gasteiger partial charge in [0.25, 0.3) is 0 Å². The van der Waals surface area contributed by atoms with Crippen LogP contribution in [0.4, 0.5) is 4.79 Å². The number of carbonyl (C=O) groups excluding carboxylic acids is 2. The van der Waals surface area contributed by atoms with E-state index in [1.54, 1.807) is 6.92 Å². The van der Waals surface area contributed by atoms with Crippen molar-refractivity contribution in [3.05, 3.63) is 59.7 Å². The Hall–Kier alpha value is -3.39. The zero-order valence-corrected chi connectivity index (χ0v) is 18.0. The number of hydrogen-bond acceptors (Lipinski definition) is 5. The van der Waals surface area contributed by atoms with Crippen LogP contribution in [0.5, 0.6) is 0 Å². The van der Waals surface area contributed by atoms with E-state index in [1.807, 2.05) is 36.4 Å². The van der Waals surface area contributed by atoms with Crippen molar-refractivity contribution >= 4 is 18.0 Å². The summed E-state index contributed by atoms with van der Waals surface area (Å²) in [6.45, 7) is 1.25. The van der Waals surface area contributed by atoms with Gasteiger partial charge in [-0.15, -0.1) is 0 Å². The van der Waals surface area contributed by atoms with Crippen molar-refractivity contribution in [3.8, 4) is 11.1 Å². The van der Waals surface area contributed by atoms with Crippen molar-refractivity contribution in [1.82, 2.24) is 10.2 Å². The van der Waals surface area contributed by atoms with E-state index in [0.29, 0.717) is 6.42 Å². The first-order valence-corrected chi connectivity index (χ1v) is 10.6. The van der Waals surface area contributed by atoms with E-state index in [2.05, 4.69) is 17.4 Å². The Morgan fingerprint density at radius 1 is 1.06 bits per heavy atom. The molecule has 32 heavy (non-hydrogen) atoms. The average Bonchev–Trinajstić information content (AvgIpc) is 3.10. The monoisotopic (exact) mass is 440 g/mol. The van der Waals surface area contributed by atoms with Crippen LogP contribution in [0.3, 0.4) is 0 Å². The number of carboxylic acids is 1. The van der Waals surface area contributed by atoms with Crippen molar-refractivity contribution in [2.24, 2.45) is 5.92 Å². The fourth-order valence-electron chi connectivity index (χ4n) is 4.03. The third kappa shape index (κ3) is 5.45. The highest BCUT2D eigenvalue weighted by atomic mass is 16.5. The third-order valence-corrected chi connectivity index (χ3v) is 5.62. The molecule has 3 rings (SSSR count). The van der Waals surface area contributed by atoms with Crippen LogP contribution >= 0.6 is 0 Å². The number of benzene rings is 2. The normalized spacial score (nSPS) is 13.1. The molecular weight excluding hydrogens is 412 g/mol. The Balaban J connectivity index is 1.49. The molecule has 3 N–H and O–H groups in total. The lowest BCUT2D eigenvalue weighted by Gasteiger charge is -2.23. The van der Waals surface area contributed by atoms with Crippen molar-refractivity contribution < 1.29 is 29.3 Å². The number of hydrogen-bond donors (Lipinski definition) is 3. The number of fused-ring (bicyclic) bond motifs is 3. The highest BCUT2D eigenvalue weighted by Crippen LogP contribution is 2.44. The van der Waals surface area contributed by atoms with Gasteiger partial charge in [-0.1, -0.05) is 55.5 Å². The molecule has 1 atom stereocenters. The number of carboxylic acid groups (broad SMARTS) is 1. The van der Waals surface area contributed by atoms with Gasteiger partial charge >= 0.3 is 12.1 Å². The number of aliphatic hydroxyl groups excluding tert-OH is 1. The molecule has 0 heterocycles. The number of amides is 2. The van der Waals surface area contributed by atoms with Crippen LogP contribution in [0.2, 0.25) is 0 Å². The van der Waals surface area contributed by atoms with Gasteiger partial charge in [-0.2, -0.15) is 0 Å². The SMILES string of the molecule is CC(CCNC(=O)OCC1c2ccccc2-c2ccccc21)C(=O)N(CCO)CC(=O)O. The van der Waals surface area contributed by atoms with Gasteiger partial charge < -0.3 is 25.2 Å². The van der Waals surface area contributed by atoms with Gasteiger partial charge in [-0.3, -0.25) is 9.59 Å². The maximum atomic E-state index is 12.4. The van der Waals surface area contributed by atoms with Crippen LogP contribution in [0.1, 0.15) is 30.4 Å². The summed E-state index contributed by atoms with van der Waals surface area (Å²) in [4.78, 5) is 36.6. The van der Waals surface area contributed by atoms with Crippen LogP contribution in [0.15, 0.2) is 48.5 Å². The molecule has 1 aliphatic carbocycles. The van der Waals surface area contributed by atoms with E-state index in [-0.39, 0.29) is 38.1 Å². The van der Waals surface area contributed by atoms with Crippen molar-refractivity contribution in [1.29, 1.82) is 0 Å². The Bertz CT molecular complexity index is 931. The van der Waals surface area contributed by atoms with E-state index in [1.165, 1.54) is 0 Å². The second kappa shape index (κ2) is 10.8. The van der Waals surface area contributed by atoms with Crippen LogP contribution < -0.4 is 5.32 Å². The molecule has 8 heteroatoms. The molecule has 2 amide bonds. The second-order valence-corrected chi connectivity index (χ2v) is 7.82. The summed E-state index contributed by atoms with van der Waals surface area (Å²) < 4.78 is 5.46. The molecule has 0 fully saturated rings. The molecule has 0 saturated heterocycles. The number of alkyl carbamates (subject to hydrolysis) is 1.